The van der Waals surface area contributed by atoms with E-state index in [1.54, 1.807) is 19.9 Å². The fourth-order valence-electron chi connectivity index (χ4n) is 2.47. The SMILES string of the molecule is CC(C)(OC(N)=O)C(Cc1cncc(F)c1)c1ccc(Br)c(F)n1. The molecule has 0 fully saturated rings. The number of halogens is 3. The third kappa shape index (κ3) is 4.47. The van der Waals surface area contributed by atoms with Gasteiger partial charge in [-0.1, -0.05) is 0 Å². The lowest BCUT2D eigenvalue weighted by atomic mass is 9.82. The Bertz CT molecular complexity index is 756. The summed E-state index contributed by atoms with van der Waals surface area (Å²) in [4.78, 5) is 18.9. The van der Waals surface area contributed by atoms with Crippen LogP contribution in [0.4, 0.5) is 13.6 Å². The monoisotopic (exact) mass is 399 g/mol. The lowest BCUT2D eigenvalue weighted by Crippen LogP contribution is -2.38. The number of pyridine rings is 2. The van der Waals surface area contributed by atoms with Gasteiger partial charge in [-0.05, 0) is 60.0 Å². The van der Waals surface area contributed by atoms with Crippen LogP contribution in [0.15, 0.2) is 35.1 Å². The molecule has 0 aliphatic rings. The number of nitrogens with zero attached hydrogens (tertiary/aromatic N) is 2. The lowest BCUT2D eigenvalue weighted by molar-refractivity contribution is 0.0224. The summed E-state index contributed by atoms with van der Waals surface area (Å²) in [5, 5.41) is 0. The van der Waals surface area contributed by atoms with Crippen LogP contribution in [0.2, 0.25) is 0 Å². The molecular formula is C16H16BrF2N3O2. The number of hydrogen-bond donors (Lipinski definition) is 1. The molecule has 2 rings (SSSR count). The van der Waals surface area contributed by atoms with Crippen LogP contribution < -0.4 is 5.73 Å². The van der Waals surface area contributed by atoms with E-state index in [0.29, 0.717) is 11.3 Å². The summed E-state index contributed by atoms with van der Waals surface area (Å²) in [7, 11) is 0. The van der Waals surface area contributed by atoms with Crippen molar-refractivity contribution in [3.8, 4) is 0 Å². The van der Waals surface area contributed by atoms with Gasteiger partial charge in [0.25, 0.3) is 0 Å². The Morgan fingerprint density at radius 1 is 1.38 bits per heavy atom. The van der Waals surface area contributed by atoms with Crippen molar-refractivity contribution < 1.29 is 18.3 Å². The van der Waals surface area contributed by atoms with Crippen molar-refractivity contribution >= 4 is 22.0 Å². The van der Waals surface area contributed by atoms with E-state index in [1.807, 2.05) is 0 Å². The topological polar surface area (TPSA) is 78.1 Å². The van der Waals surface area contributed by atoms with Crippen LogP contribution in [0.5, 0.6) is 0 Å². The molecule has 0 saturated carbocycles. The first kappa shape index (κ1) is 18.3. The number of ether oxygens (including phenoxy) is 1. The van der Waals surface area contributed by atoms with E-state index in [4.69, 9.17) is 10.5 Å². The highest BCUT2D eigenvalue weighted by molar-refractivity contribution is 9.10. The molecule has 0 bridgehead atoms. The Labute approximate surface area is 146 Å². The predicted molar refractivity (Wildman–Crippen MR) is 87.3 cm³/mol. The molecule has 0 saturated heterocycles. The molecule has 2 N–H and O–H groups in total. The highest BCUT2D eigenvalue weighted by Gasteiger charge is 2.36. The Morgan fingerprint density at radius 2 is 2.08 bits per heavy atom. The van der Waals surface area contributed by atoms with Crippen molar-refractivity contribution in [2.75, 3.05) is 0 Å². The second kappa shape index (κ2) is 7.21. The van der Waals surface area contributed by atoms with E-state index in [2.05, 4.69) is 25.9 Å². The molecule has 1 unspecified atom stereocenters. The zero-order chi connectivity index (χ0) is 17.9. The molecule has 2 aromatic rings. The summed E-state index contributed by atoms with van der Waals surface area (Å²) >= 11 is 3.04. The summed E-state index contributed by atoms with van der Waals surface area (Å²) in [6.45, 7) is 3.27. The van der Waals surface area contributed by atoms with Crippen molar-refractivity contribution in [2.45, 2.75) is 31.8 Å². The third-order valence-electron chi connectivity index (χ3n) is 3.59. The van der Waals surface area contributed by atoms with Crippen molar-refractivity contribution in [1.29, 1.82) is 0 Å². The van der Waals surface area contributed by atoms with Crippen LogP contribution in [-0.4, -0.2) is 21.7 Å². The van der Waals surface area contributed by atoms with Gasteiger partial charge in [-0.3, -0.25) is 4.98 Å². The maximum atomic E-state index is 13.8. The van der Waals surface area contributed by atoms with E-state index >= 15 is 0 Å². The average Bonchev–Trinajstić information content (AvgIpc) is 2.46. The average molecular weight is 400 g/mol. The maximum absolute atomic E-state index is 13.8. The first-order chi connectivity index (χ1) is 11.2. The van der Waals surface area contributed by atoms with Crippen LogP contribution in [0.3, 0.4) is 0 Å². The largest absolute Gasteiger partial charge is 0.443 e. The van der Waals surface area contributed by atoms with E-state index in [-0.39, 0.29) is 10.9 Å². The molecule has 0 aliphatic carbocycles. The molecule has 128 valence electrons. The number of hydrogen-bond acceptors (Lipinski definition) is 4. The van der Waals surface area contributed by atoms with Crippen LogP contribution in [0.1, 0.15) is 31.0 Å². The van der Waals surface area contributed by atoms with Crippen LogP contribution in [0.25, 0.3) is 0 Å². The van der Waals surface area contributed by atoms with E-state index in [0.717, 1.165) is 6.20 Å². The zero-order valence-electron chi connectivity index (χ0n) is 13.1. The Kier molecular flexibility index (Phi) is 5.48. The highest BCUT2D eigenvalue weighted by atomic mass is 79.9. The highest BCUT2D eigenvalue weighted by Crippen LogP contribution is 2.34. The molecule has 24 heavy (non-hydrogen) atoms. The Hall–Kier alpha value is -2.09. The second-order valence-electron chi connectivity index (χ2n) is 5.80. The molecule has 1 amide bonds. The maximum Gasteiger partial charge on any atom is 0.405 e. The van der Waals surface area contributed by atoms with Gasteiger partial charge in [0, 0.05) is 12.1 Å². The zero-order valence-corrected chi connectivity index (χ0v) is 14.7. The van der Waals surface area contributed by atoms with Gasteiger partial charge in [-0.15, -0.1) is 0 Å². The fraction of sp³-hybridized carbons (Fsp3) is 0.312. The van der Waals surface area contributed by atoms with Crippen molar-refractivity contribution in [1.82, 2.24) is 9.97 Å². The Morgan fingerprint density at radius 3 is 2.67 bits per heavy atom. The summed E-state index contributed by atoms with van der Waals surface area (Å²) in [5.74, 6) is -1.74. The summed E-state index contributed by atoms with van der Waals surface area (Å²) in [6.07, 6.45) is 1.85. The standard InChI is InChI=1S/C16H16BrF2N3O2/c1-16(2,24-15(20)23)11(6-9-5-10(18)8-21-7-9)13-4-3-12(17)14(19)22-13/h3-5,7-8,11H,6H2,1-2H3,(H2,20,23). The van der Waals surface area contributed by atoms with Gasteiger partial charge in [0.05, 0.1) is 16.4 Å². The summed E-state index contributed by atoms with van der Waals surface area (Å²) in [6, 6.07) is 4.43. The first-order valence-corrected chi connectivity index (χ1v) is 7.88. The van der Waals surface area contributed by atoms with Gasteiger partial charge in [0.1, 0.15) is 11.4 Å². The van der Waals surface area contributed by atoms with Gasteiger partial charge < -0.3 is 10.5 Å². The minimum Gasteiger partial charge on any atom is -0.443 e. The number of carbonyl (C=O) groups excluding carboxylic acids is 1. The van der Waals surface area contributed by atoms with Crippen LogP contribution >= 0.6 is 15.9 Å². The van der Waals surface area contributed by atoms with E-state index in [9.17, 15) is 13.6 Å². The van der Waals surface area contributed by atoms with Crippen molar-refractivity contribution in [2.24, 2.45) is 5.73 Å². The van der Waals surface area contributed by atoms with Crippen molar-refractivity contribution in [3.63, 3.8) is 0 Å². The second-order valence-corrected chi connectivity index (χ2v) is 6.66. The lowest BCUT2D eigenvalue weighted by Gasteiger charge is -2.33. The molecular weight excluding hydrogens is 384 g/mol. The number of primary amides is 1. The fourth-order valence-corrected chi connectivity index (χ4v) is 2.69. The summed E-state index contributed by atoms with van der Waals surface area (Å²) in [5.41, 5.74) is 4.95. The minimum absolute atomic E-state index is 0.214. The number of carbonyl (C=O) groups is 1. The number of rotatable bonds is 5. The molecule has 0 aromatic carbocycles. The normalized spacial score (nSPS) is 12.7. The molecule has 2 aromatic heterocycles. The van der Waals surface area contributed by atoms with Gasteiger partial charge in [-0.25, -0.2) is 14.2 Å². The molecule has 1 atom stereocenters. The minimum atomic E-state index is -1.09. The number of nitrogens with two attached hydrogens (primary N) is 1. The quantitative estimate of drug-likeness (QED) is 0.777. The van der Waals surface area contributed by atoms with Gasteiger partial charge in [0.2, 0.25) is 5.95 Å². The first-order valence-electron chi connectivity index (χ1n) is 7.09. The van der Waals surface area contributed by atoms with Gasteiger partial charge in [-0.2, -0.15) is 4.39 Å². The number of aromatic nitrogens is 2. The third-order valence-corrected chi connectivity index (χ3v) is 4.18. The van der Waals surface area contributed by atoms with Gasteiger partial charge >= 0.3 is 6.09 Å². The molecule has 8 heteroatoms. The molecule has 0 radical (unpaired) electrons. The van der Waals surface area contributed by atoms with E-state index < -0.39 is 29.4 Å². The summed E-state index contributed by atoms with van der Waals surface area (Å²) < 4.78 is 32.6. The molecule has 2 heterocycles. The van der Waals surface area contributed by atoms with Gasteiger partial charge in [0.15, 0.2) is 0 Å². The molecule has 0 aliphatic heterocycles. The predicted octanol–water partition coefficient (Wildman–Crippen LogP) is 3.72. The smallest absolute Gasteiger partial charge is 0.405 e. The molecule has 5 nitrogen and oxygen atoms in total. The Balaban J connectivity index is 2.44. The molecule has 0 spiro atoms. The van der Waals surface area contributed by atoms with Crippen LogP contribution in [-0.2, 0) is 11.2 Å². The van der Waals surface area contributed by atoms with Crippen molar-refractivity contribution in [3.05, 3.63) is 58.1 Å². The van der Waals surface area contributed by atoms with E-state index in [1.165, 1.54) is 18.3 Å². The number of amides is 1. The van der Waals surface area contributed by atoms with Crippen LogP contribution in [0, 0.1) is 11.8 Å².